The molecule has 2 atom stereocenters. The lowest BCUT2D eigenvalue weighted by Gasteiger charge is -2.33. The highest BCUT2D eigenvalue weighted by molar-refractivity contribution is 7.88. The van der Waals surface area contributed by atoms with Gasteiger partial charge in [0.2, 0.25) is 10.0 Å². The Morgan fingerprint density at radius 1 is 1.05 bits per heavy atom. The number of nitrogens with zero attached hydrogens (tertiary/aromatic N) is 2. The standard InChI is InChI=1S/C16H24N2O2S/c1-21(19,20)18-12-6-10-16(18)15-9-5-11-17(15)13-14-7-3-2-4-8-14/h2-4,7-8,15-16H,5-6,9-13H2,1H3/t15-,16-/m1/s1. The van der Waals surface area contributed by atoms with Gasteiger partial charge in [0.15, 0.2) is 0 Å². The van der Waals surface area contributed by atoms with Crippen molar-refractivity contribution in [3.05, 3.63) is 35.9 Å². The zero-order valence-electron chi connectivity index (χ0n) is 12.6. The molecular weight excluding hydrogens is 284 g/mol. The maximum Gasteiger partial charge on any atom is 0.211 e. The smallest absolute Gasteiger partial charge is 0.211 e. The molecule has 0 N–H and O–H groups in total. The van der Waals surface area contributed by atoms with Crippen LogP contribution in [0.2, 0.25) is 0 Å². The van der Waals surface area contributed by atoms with E-state index in [1.54, 1.807) is 4.31 Å². The third kappa shape index (κ3) is 3.30. The minimum Gasteiger partial charge on any atom is -0.295 e. The number of hydrogen-bond donors (Lipinski definition) is 0. The fourth-order valence-corrected chi connectivity index (χ4v) is 5.06. The van der Waals surface area contributed by atoms with Crippen LogP contribution in [0, 0.1) is 0 Å². The predicted octanol–water partition coefficient (Wildman–Crippen LogP) is 2.07. The van der Waals surface area contributed by atoms with E-state index in [1.165, 1.54) is 18.2 Å². The molecule has 2 aliphatic rings. The number of hydrogen-bond acceptors (Lipinski definition) is 3. The number of benzene rings is 1. The molecule has 2 aliphatic heterocycles. The van der Waals surface area contributed by atoms with Gasteiger partial charge in [0.25, 0.3) is 0 Å². The van der Waals surface area contributed by atoms with Gasteiger partial charge in [-0.25, -0.2) is 8.42 Å². The fraction of sp³-hybridized carbons (Fsp3) is 0.625. The van der Waals surface area contributed by atoms with Gasteiger partial charge < -0.3 is 0 Å². The Bertz CT molecular complexity index is 573. The Labute approximate surface area is 127 Å². The van der Waals surface area contributed by atoms with E-state index in [0.717, 1.165) is 32.4 Å². The van der Waals surface area contributed by atoms with Crippen molar-refractivity contribution in [2.24, 2.45) is 0 Å². The topological polar surface area (TPSA) is 40.6 Å². The molecule has 0 saturated carbocycles. The van der Waals surface area contributed by atoms with Crippen molar-refractivity contribution >= 4 is 10.0 Å². The largest absolute Gasteiger partial charge is 0.295 e. The molecule has 0 bridgehead atoms. The minimum absolute atomic E-state index is 0.172. The first-order chi connectivity index (χ1) is 10.1. The molecule has 1 aromatic rings. The summed E-state index contributed by atoms with van der Waals surface area (Å²) in [6.07, 6.45) is 5.63. The van der Waals surface area contributed by atoms with E-state index < -0.39 is 10.0 Å². The summed E-state index contributed by atoms with van der Waals surface area (Å²) in [5.74, 6) is 0. The molecular formula is C16H24N2O2S. The van der Waals surface area contributed by atoms with E-state index in [0.29, 0.717) is 12.6 Å². The zero-order chi connectivity index (χ0) is 14.9. The SMILES string of the molecule is CS(=O)(=O)N1CCC[C@@H]1[C@H]1CCCN1Cc1ccccc1. The fourth-order valence-electron chi connectivity index (χ4n) is 3.86. The summed E-state index contributed by atoms with van der Waals surface area (Å²) in [5, 5.41) is 0. The zero-order valence-corrected chi connectivity index (χ0v) is 13.4. The van der Waals surface area contributed by atoms with Crippen molar-refractivity contribution < 1.29 is 8.42 Å². The van der Waals surface area contributed by atoms with E-state index >= 15 is 0 Å². The van der Waals surface area contributed by atoms with Crippen LogP contribution in [0.15, 0.2) is 30.3 Å². The second-order valence-corrected chi connectivity index (χ2v) is 8.18. The number of rotatable bonds is 4. The Balaban J connectivity index is 1.75. The highest BCUT2D eigenvalue weighted by atomic mass is 32.2. The van der Waals surface area contributed by atoms with E-state index in [9.17, 15) is 8.42 Å². The van der Waals surface area contributed by atoms with Gasteiger partial charge in [-0.2, -0.15) is 4.31 Å². The molecule has 0 spiro atoms. The Kier molecular flexibility index (Phi) is 4.33. The van der Waals surface area contributed by atoms with Gasteiger partial charge in [0.05, 0.1) is 6.26 Å². The first-order valence-electron chi connectivity index (χ1n) is 7.80. The van der Waals surface area contributed by atoms with Gasteiger partial charge in [-0.1, -0.05) is 30.3 Å². The van der Waals surface area contributed by atoms with Crippen molar-refractivity contribution in [3.63, 3.8) is 0 Å². The summed E-state index contributed by atoms with van der Waals surface area (Å²) in [7, 11) is -3.08. The molecule has 2 heterocycles. The van der Waals surface area contributed by atoms with Crippen molar-refractivity contribution in [2.45, 2.75) is 44.3 Å². The summed E-state index contributed by atoms with van der Waals surface area (Å²) in [4.78, 5) is 2.48. The molecule has 0 aliphatic carbocycles. The molecule has 0 radical (unpaired) electrons. The summed E-state index contributed by atoms with van der Waals surface area (Å²) in [6.45, 7) is 2.70. The van der Waals surface area contributed by atoms with Gasteiger partial charge in [0.1, 0.15) is 0 Å². The third-order valence-corrected chi connectivity index (χ3v) is 6.07. The van der Waals surface area contributed by atoms with Gasteiger partial charge in [-0.15, -0.1) is 0 Å². The van der Waals surface area contributed by atoms with Crippen LogP contribution in [0.1, 0.15) is 31.2 Å². The van der Waals surface area contributed by atoms with Crippen molar-refractivity contribution in [1.82, 2.24) is 9.21 Å². The van der Waals surface area contributed by atoms with Crippen LogP contribution in [-0.2, 0) is 16.6 Å². The van der Waals surface area contributed by atoms with Crippen LogP contribution in [0.3, 0.4) is 0 Å². The first kappa shape index (κ1) is 15.0. The molecule has 1 aromatic carbocycles. The van der Waals surface area contributed by atoms with E-state index in [-0.39, 0.29) is 6.04 Å². The van der Waals surface area contributed by atoms with E-state index in [1.807, 2.05) is 6.07 Å². The Morgan fingerprint density at radius 3 is 2.43 bits per heavy atom. The molecule has 21 heavy (non-hydrogen) atoms. The lowest BCUT2D eigenvalue weighted by Crippen LogP contribution is -2.47. The average Bonchev–Trinajstić information content (AvgIpc) is 3.07. The summed E-state index contributed by atoms with van der Waals surface area (Å²) < 4.78 is 25.7. The molecule has 2 fully saturated rings. The minimum atomic E-state index is -3.08. The lowest BCUT2D eigenvalue weighted by molar-refractivity contribution is 0.173. The highest BCUT2D eigenvalue weighted by Crippen LogP contribution is 2.32. The highest BCUT2D eigenvalue weighted by Gasteiger charge is 2.41. The van der Waals surface area contributed by atoms with Gasteiger partial charge in [0, 0.05) is 25.2 Å². The molecule has 116 valence electrons. The molecule has 2 saturated heterocycles. The van der Waals surface area contributed by atoms with Crippen LogP contribution < -0.4 is 0 Å². The number of sulfonamides is 1. The summed E-state index contributed by atoms with van der Waals surface area (Å²) in [6, 6.07) is 11.0. The van der Waals surface area contributed by atoms with E-state index in [4.69, 9.17) is 0 Å². The quantitative estimate of drug-likeness (QED) is 0.855. The van der Waals surface area contributed by atoms with E-state index in [2.05, 4.69) is 29.2 Å². The molecule has 4 nitrogen and oxygen atoms in total. The maximum absolute atomic E-state index is 12.0. The second-order valence-electron chi connectivity index (χ2n) is 6.25. The first-order valence-corrected chi connectivity index (χ1v) is 9.65. The third-order valence-electron chi connectivity index (χ3n) is 4.76. The average molecular weight is 308 g/mol. The molecule has 0 aromatic heterocycles. The van der Waals surface area contributed by atoms with Crippen molar-refractivity contribution in [1.29, 1.82) is 0 Å². The predicted molar refractivity (Wildman–Crippen MR) is 84.4 cm³/mol. The van der Waals surface area contributed by atoms with Crippen molar-refractivity contribution in [2.75, 3.05) is 19.3 Å². The van der Waals surface area contributed by atoms with Crippen LogP contribution in [-0.4, -0.2) is 49.1 Å². The maximum atomic E-state index is 12.0. The molecule has 0 amide bonds. The molecule has 5 heteroatoms. The van der Waals surface area contributed by atoms with Gasteiger partial charge in [-0.3, -0.25) is 4.90 Å². The Hall–Kier alpha value is -0.910. The van der Waals surface area contributed by atoms with Crippen LogP contribution in [0.5, 0.6) is 0 Å². The van der Waals surface area contributed by atoms with Crippen molar-refractivity contribution in [3.8, 4) is 0 Å². The lowest BCUT2D eigenvalue weighted by atomic mass is 10.0. The molecule has 3 rings (SSSR count). The van der Waals surface area contributed by atoms with Crippen LogP contribution in [0.4, 0.5) is 0 Å². The summed E-state index contributed by atoms with van der Waals surface area (Å²) in [5.41, 5.74) is 1.31. The Morgan fingerprint density at radius 2 is 1.71 bits per heavy atom. The monoisotopic (exact) mass is 308 g/mol. The normalized spacial score (nSPS) is 28.2. The van der Waals surface area contributed by atoms with Crippen LogP contribution in [0.25, 0.3) is 0 Å². The number of likely N-dealkylation sites (tertiary alicyclic amines) is 1. The van der Waals surface area contributed by atoms with Gasteiger partial charge in [-0.05, 0) is 37.8 Å². The van der Waals surface area contributed by atoms with Crippen LogP contribution >= 0.6 is 0 Å². The summed E-state index contributed by atoms with van der Waals surface area (Å²) >= 11 is 0. The van der Waals surface area contributed by atoms with Gasteiger partial charge >= 0.3 is 0 Å². The molecule has 0 unspecified atom stereocenters. The second kappa shape index (κ2) is 6.07.